The molecule has 0 aliphatic heterocycles. The number of nitrogens with zero attached hydrogens (tertiary/aromatic N) is 1. The van der Waals surface area contributed by atoms with Crippen molar-refractivity contribution in [3.63, 3.8) is 0 Å². The normalized spacial score (nSPS) is 15.3. The molecule has 1 aromatic heterocycles. The van der Waals surface area contributed by atoms with Gasteiger partial charge in [-0.3, -0.25) is 4.79 Å². The SMILES string of the molecule is COc1ccc(C2=C3C=c4sc(N)nc4=C3CC=C2NC(C)=O)cc1. The fourth-order valence-corrected chi connectivity index (χ4v) is 4.07. The van der Waals surface area contributed by atoms with Gasteiger partial charge in [0.05, 0.1) is 17.0 Å². The molecule has 2 aliphatic carbocycles. The van der Waals surface area contributed by atoms with Gasteiger partial charge in [-0.1, -0.05) is 29.5 Å². The molecule has 2 aliphatic rings. The van der Waals surface area contributed by atoms with Crippen LogP contribution in [0, 0.1) is 0 Å². The third-order valence-electron chi connectivity index (χ3n) is 4.29. The Morgan fingerprint density at radius 1 is 1.32 bits per heavy atom. The van der Waals surface area contributed by atoms with E-state index in [2.05, 4.69) is 16.4 Å². The van der Waals surface area contributed by atoms with Crippen molar-refractivity contribution in [3.05, 3.63) is 57.1 Å². The van der Waals surface area contributed by atoms with Crippen LogP contribution in [0.25, 0.3) is 17.2 Å². The predicted octanol–water partition coefficient (Wildman–Crippen LogP) is 1.56. The molecule has 0 fully saturated rings. The number of allylic oxidation sites excluding steroid dienone is 3. The van der Waals surface area contributed by atoms with E-state index in [9.17, 15) is 4.79 Å². The van der Waals surface area contributed by atoms with Crippen LogP contribution in [0.1, 0.15) is 18.9 Å². The summed E-state index contributed by atoms with van der Waals surface area (Å²) < 4.78 is 6.33. The van der Waals surface area contributed by atoms with Crippen LogP contribution in [-0.2, 0) is 4.79 Å². The minimum atomic E-state index is -0.0866. The van der Waals surface area contributed by atoms with Crippen LogP contribution < -0.4 is 25.7 Å². The fraction of sp³-hybridized carbons (Fsp3) is 0.158. The van der Waals surface area contributed by atoms with Crippen molar-refractivity contribution >= 4 is 39.6 Å². The highest BCUT2D eigenvalue weighted by atomic mass is 32.1. The monoisotopic (exact) mass is 351 g/mol. The Morgan fingerprint density at radius 2 is 2.08 bits per heavy atom. The number of nitrogens with one attached hydrogen (secondary N) is 1. The zero-order valence-electron chi connectivity index (χ0n) is 13.9. The van der Waals surface area contributed by atoms with Gasteiger partial charge in [0, 0.05) is 18.2 Å². The fourth-order valence-electron chi connectivity index (χ4n) is 3.26. The first-order valence-corrected chi connectivity index (χ1v) is 8.73. The molecule has 3 N–H and O–H groups in total. The first kappa shape index (κ1) is 15.7. The highest BCUT2D eigenvalue weighted by Gasteiger charge is 2.25. The van der Waals surface area contributed by atoms with Gasteiger partial charge >= 0.3 is 0 Å². The van der Waals surface area contributed by atoms with E-state index in [1.54, 1.807) is 7.11 Å². The second-order valence-corrected chi connectivity index (χ2v) is 6.97. The number of hydrogen-bond acceptors (Lipinski definition) is 5. The average molecular weight is 351 g/mol. The summed E-state index contributed by atoms with van der Waals surface area (Å²) in [4.78, 5) is 16.1. The summed E-state index contributed by atoms with van der Waals surface area (Å²) in [6.45, 7) is 1.52. The highest BCUT2D eigenvalue weighted by molar-refractivity contribution is 7.13. The van der Waals surface area contributed by atoms with Crippen molar-refractivity contribution in [2.75, 3.05) is 12.8 Å². The number of ether oxygens (including phenoxy) is 1. The van der Waals surface area contributed by atoms with Crippen molar-refractivity contribution in [2.24, 2.45) is 0 Å². The summed E-state index contributed by atoms with van der Waals surface area (Å²) in [5, 5.41) is 4.50. The number of nitrogen functional groups attached to an aromatic ring is 1. The summed E-state index contributed by atoms with van der Waals surface area (Å²) in [7, 11) is 1.64. The molecule has 0 saturated carbocycles. The second kappa shape index (κ2) is 5.89. The van der Waals surface area contributed by atoms with E-state index in [1.165, 1.54) is 18.3 Å². The van der Waals surface area contributed by atoms with E-state index >= 15 is 0 Å². The molecule has 0 bridgehead atoms. The maximum atomic E-state index is 11.7. The van der Waals surface area contributed by atoms with Crippen LogP contribution in [0.4, 0.5) is 5.13 Å². The Kier molecular flexibility index (Phi) is 3.69. The molecule has 6 heteroatoms. The van der Waals surface area contributed by atoms with Crippen molar-refractivity contribution in [1.82, 2.24) is 10.3 Å². The third kappa shape index (κ3) is 2.64. The molecular weight excluding hydrogens is 334 g/mol. The molecule has 0 atom stereocenters. The van der Waals surface area contributed by atoms with Gasteiger partial charge in [0.1, 0.15) is 5.75 Å². The lowest BCUT2D eigenvalue weighted by Crippen LogP contribution is -2.23. The van der Waals surface area contributed by atoms with Crippen molar-refractivity contribution in [3.8, 4) is 5.75 Å². The van der Waals surface area contributed by atoms with Gasteiger partial charge in [-0.25, -0.2) is 4.98 Å². The van der Waals surface area contributed by atoms with Gasteiger partial charge in [-0.2, -0.15) is 0 Å². The van der Waals surface area contributed by atoms with Crippen LogP contribution in [0.5, 0.6) is 5.75 Å². The molecular formula is C19H17N3O2S. The molecule has 1 heterocycles. The predicted molar refractivity (Wildman–Crippen MR) is 100 cm³/mol. The van der Waals surface area contributed by atoms with Crippen LogP contribution in [-0.4, -0.2) is 18.0 Å². The summed E-state index contributed by atoms with van der Waals surface area (Å²) in [6, 6.07) is 7.84. The Balaban J connectivity index is 1.92. The third-order valence-corrected chi connectivity index (χ3v) is 5.13. The molecule has 0 spiro atoms. The van der Waals surface area contributed by atoms with Crippen molar-refractivity contribution in [2.45, 2.75) is 13.3 Å². The Hall–Kier alpha value is -2.86. The molecule has 1 amide bonds. The lowest BCUT2D eigenvalue weighted by molar-refractivity contribution is -0.118. The maximum Gasteiger partial charge on any atom is 0.221 e. The molecule has 126 valence electrons. The number of hydrogen-bond donors (Lipinski definition) is 2. The number of carbonyl (C=O) groups excluding carboxylic acids is 1. The number of benzene rings is 1. The standard InChI is InChI=1S/C19H17N3O2S/c1-10(23)21-15-8-7-13-14(9-16-18(13)22-19(20)25-16)17(15)11-3-5-12(24-2)6-4-11/h3-6,8-9H,7H2,1-2H3,(H2,20,22)(H,21,23). The average Bonchev–Trinajstić information content (AvgIpc) is 3.10. The molecule has 0 saturated heterocycles. The molecule has 0 unspecified atom stereocenters. The number of thiazole rings is 1. The number of carbonyl (C=O) groups is 1. The Bertz CT molecular complexity index is 1060. The largest absolute Gasteiger partial charge is 0.497 e. The van der Waals surface area contributed by atoms with Gasteiger partial charge in [0.15, 0.2) is 5.13 Å². The smallest absolute Gasteiger partial charge is 0.221 e. The first-order valence-electron chi connectivity index (χ1n) is 7.91. The van der Waals surface area contributed by atoms with E-state index in [1.807, 2.05) is 30.3 Å². The lowest BCUT2D eigenvalue weighted by Gasteiger charge is -2.22. The zero-order chi connectivity index (χ0) is 17.6. The molecule has 25 heavy (non-hydrogen) atoms. The molecule has 2 aromatic rings. The second-order valence-electron chi connectivity index (χ2n) is 5.91. The Labute approximate surface area is 148 Å². The number of amides is 1. The molecule has 0 radical (unpaired) electrons. The van der Waals surface area contributed by atoms with Gasteiger partial charge in [0.2, 0.25) is 5.91 Å². The van der Waals surface area contributed by atoms with Crippen LogP contribution >= 0.6 is 11.3 Å². The number of rotatable bonds is 3. The first-order chi connectivity index (χ1) is 12.1. The quantitative estimate of drug-likeness (QED) is 0.880. The van der Waals surface area contributed by atoms with E-state index in [0.29, 0.717) is 5.13 Å². The number of aromatic nitrogens is 1. The molecule has 5 nitrogen and oxygen atoms in total. The summed E-state index contributed by atoms with van der Waals surface area (Å²) in [5.41, 5.74) is 11.0. The number of methoxy groups -OCH3 is 1. The maximum absolute atomic E-state index is 11.7. The summed E-state index contributed by atoms with van der Waals surface area (Å²) >= 11 is 1.49. The zero-order valence-corrected chi connectivity index (χ0v) is 14.7. The number of anilines is 1. The molecule has 1 aromatic carbocycles. The summed E-state index contributed by atoms with van der Waals surface area (Å²) in [6.07, 6.45) is 4.88. The van der Waals surface area contributed by atoms with E-state index in [4.69, 9.17) is 10.5 Å². The van der Waals surface area contributed by atoms with Crippen LogP contribution in [0.3, 0.4) is 0 Å². The van der Waals surface area contributed by atoms with Gasteiger partial charge in [0.25, 0.3) is 0 Å². The van der Waals surface area contributed by atoms with Crippen LogP contribution in [0.15, 0.2) is 41.6 Å². The highest BCUT2D eigenvalue weighted by Crippen LogP contribution is 2.38. The van der Waals surface area contributed by atoms with Crippen LogP contribution in [0.2, 0.25) is 0 Å². The minimum absolute atomic E-state index is 0.0866. The van der Waals surface area contributed by atoms with E-state index in [0.717, 1.165) is 50.0 Å². The van der Waals surface area contributed by atoms with Gasteiger partial charge in [-0.05, 0) is 41.3 Å². The van der Waals surface area contributed by atoms with Crippen molar-refractivity contribution < 1.29 is 9.53 Å². The van der Waals surface area contributed by atoms with Gasteiger partial charge < -0.3 is 15.8 Å². The summed E-state index contributed by atoms with van der Waals surface area (Å²) in [5.74, 6) is 0.708. The lowest BCUT2D eigenvalue weighted by atomic mass is 9.87. The number of nitrogens with two attached hydrogens (primary N) is 1. The topological polar surface area (TPSA) is 77.2 Å². The number of fused-ring (bicyclic) bond motifs is 2. The molecule has 4 rings (SSSR count). The minimum Gasteiger partial charge on any atom is -0.497 e. The van der Waals surface area contributed by atoms with Crippen molar-refractivity contribution in [1.29, 1.82) is 0 Å². The van der Waals surface area contributed by atoms with Gasteiger partial charge in [-0.15, -0.1) is 0 Å². The van der Waals surface area contributed by atoms with E-state index < -0.39 is 0 Å². The van der Waals surface area contributed by atoms with E-state index in [-0.39, 0.29) is 5.91 Å². The Morgan fingerprint density at radius 3 is 2.76 bits per heavy atom.